The van der Waals surface area contributed by atoms with Gasteiger partial charge in [-0.1, -0.05) is 18.2 Å². The zero-order valence-corrected chi connectivity index (χ0v) is 15.9. The molecule has 0 amide bonds. The average Bonchev–Trinajstić information content (AvgIpc) is 3.30. The van der Waals surface area contributed by atoms with Crippen LogP contribution < -0.4 is 4.90 Å². The number of piperazine rings is 1. The lowest BCUT2D eigenvalue weighted by Gasteiger charge is -2.37. The number of imidazole rings is 1. The molecule has 3 heterocycles. The largest absolute Gasteiger partial charge is 0.380 e. The third kappa shape index (κ3) is 3.74. The van der Waals surface area contributed by atoms with Crippen LogP contribution >= 0.6 is 0 Å². The Morgan fingerprint density at radius 3 is 2.56 bits per heavy atom. The monoisotopic (exact) mass is 366 g/mol. The molecule has 7 nitrogen and oxygen atoms in total. The van der Waals surface area contributed by atoms with E-state index in [2.05, 4.69) is 32.1 Å². The van der Waals surface area contributed by atoms with E-state index < -0.39 is 6.10 Å². The van der Waals surface area contributed by atoms with E-state index in [4.69, 9.17) is 0 Å². The molecule has 1 aliphatic heterocycles. The molecule has 7 heteroatoms. The van der Waals surface area contributed by atoms with Gasteiger partial charge in [-0.3, -0.25) is 9.58 Å². The highest BCUT2D eigenvalue weighted by atomic mass is 16.3. The van der Waals surface area contributed by atoms with E-state index in [0.717, 1.165) is 44.0 Å². The van der Waals surface area contributed by atoms with Crippen molar-refractivity contribution in [3.8, 4) is 0 Å². The normalized spacial score (nSPS) is 16.6. The average molecular weight is 366 g/mol. The molecular weight excluding hydrogens is 340 g/mol. The van der Waals surface area contributed by atoms with Gasteiger partial charge in [0.25, 0.3) is 0 Å². The number of nitrogens with zero attached hydrogens (tertiary/aromatic N) is 6. The number of rotatable bonds is 5. The molecule has 1 aliphatic rings. The summed E-state index contributed by atoms with van der Waals surface area (Å²) in [5, 5.41) is 15.1. The van der Waals surface area contributed by atoms with Crippen molar-refractivity contribution in [1.29, 1.82) is 0 Å². The Balaban J connectivity index is 1.46. The van der Waals surface area contributed by atoms with Crippen molar-refractivity contribution in [2.75, 3.05) is 31.1 Å². The van der Waals surface area contributed by atoms with Gasteiger partial charge in [0.2, 0.25) is 0 Å². The highest BCUT2D eigenvalue weighted by Gasteiger charge is 2.24. The summed E-state index contributed by atoms with van der Waals surface area (Å²) >= 11 is 0. The molecule has 0 bridgehead atoms. The minimum atomic E-state index is -0.727. The van der Waals surface area contributed by atoms with E-state index in [1.54, 1.807) is 6.20 Å². The smallest absolute Gasteiger partial charge is 0.142 e. The number of aromatic nitrogens is 4. The minimum Gasteiger partial charge on any atom is -0.380 e. The predicted molar refractivity (Wildman–Crippen MR) is 104 cm³/mol. The second-order valence-corrected chi connectivity index (χ2v) is 7.14. The number of aryl methyl sites for hydroxylation is 2. The Morgan fingerprint density at radius 1 is 1.11 bits per heavy atom. The Morgan fingerprint density at radius 2 is 1.89 bits per heavy atom. The Hall–Kier alpha value is -2.64. The number of aliphatic hydroxyl groups is 1. The molecule has 2 aromatic heterocycles. The quantitative estimate of drug-likeness (QED) is 0.742. The van der Waals surface area contributed by atoms with Crippen LogP contribution in [0.25, 0.3) is 0 Å². The van der Waals surface area contributed by atoms with Gasteiger partial charge in [-0.2, -0.15) is 5.10 Å². The molecule has 0 aliphatic carbocycles. The number of hydrogen-bond acceptors (Lipinski definition) is 5. The van der Waals surface area contributed by atoms with Gasteiger partial charge in [-0.25, -0.2) is 4.98 Å². The first kappa shape index (κ1) is 17.8. The number of aliphatic hydroxyl groups excluding tert-OH is 1. The minimum absolute atomic E-state index is 0.665. The van der Waals surface area contributed by atoms with Crippen molar-refractivity contribution in [3.05, 3.63) is 66.0 Å². The van der Waals surface area contributed by atoms with E-state index in [-0.39, 0.29) is 0 Å². The van der Waals surface area contributed by atoms with E-state index in [1.807, 2.05) is 53.9 Å². The topological polar surface area (TPSA) is 62.4 Å². The summed E-state index contributed by atoms with van der Waals surface area (Å²) in [5.41, 5.74) is 3.25. The fourth-order valence-corrected chi connectivity index (χ4v) is 3.75. The maximum absolute atomic E-state index is 10.9. The lowest BCUT2D eigenvalue weighted by molar-refractivity contribution is 0.205. The van der Waals surface area contributed by atoms with Crippen LogP contribution in [-0.2, 0) is 20.6 Å². The summed E-state index contributed by atoms with van der Waals surface area (Å²) < 4.78 is 3.72. The summed E-state index contributed by atoms with van der Waals surface area (Å²) in [6.45, 7) is 4.78. The zero-order chi connectivity index (χ0) is 18.8. The van der Waals surface area contributed by atoms with Gasteiger partial charge in [-0.05, 0) is 6.07 Å². The van der Waals surface area contributed by atoms with Crippen molar-refractivity contribution in [2.45, 2.75) is 12.6 Å². The molecule has 4 rings (SSSR count). The van der Waals surface area contributed by atoms with Gasteiger partial charge in [0.1, 0.15) is 11.9 Å². The lowest BCUT2D eigenvalue weighted by atomic mass is 10.0. The Labute approximate surface area is 159 Å². The van der Waals surface area contributed by atoms with E-state index in [9.17, 15) is 5.11 Å². The number of benzene rings is 1. The molecule has 0 saturated carbocycles. The third-order valence-corrected chi connectivity index (χ3v) is 5.21. The molecule has 1 N–H and O–H groups in total. The van der Waals surface area contributed by atoms with E-state index >= 15 is 0 Å². The SMILES string of the molecule is Cn1cc(CN2CCN(c3ccccc3[C@@H](O)c3nccn3C)CC2)cn1. The second kappa shape index (κ2) is 7.54. The number of hydrogen-bond donors (Lipinski definition) is 1. The Kier molecular flexibility index (Phi) is 4.96. The van der Waals surface area contributed by atoms with Crippen LogP contribution in [0.5, 0.6) is 0 Å². The molecule has 0 radical (unpaired) electrons. The molecule has 27 heavy (non-hydrogen) atoms. The van der Waals surface area contributed by atoms with Gasteiger partial charge < -0.3 is 14.6 Å². The summed E-state index contributed by atoms with van der Waals surface area (Å²) in [6.07, 6.45) is 6.86. The first-order chi connectivity index (χ1) is 13.1. The van der Waals surface area contributed by atoms with Crippen molar-refractivity contribution in [2.24, 2.45) is 14.1 Å². The lowest BCUT2D eigenvalue weighted by Crippen LogP contribution is -2.46. The first-order valence-electron chi connectivity index (χ1n) is 9.31. The van der Waals surface area contributed by atoms with Crippen LogP contribution in [0.15, 0.2) is 49.1 Å². The van der Waals surface area contributed by atoms with Crippen LogP contribution in [-0.4, -0.2) is 55.5 Å². The summed E-state index contributed by atoms with van der Waals surface area (Å²) in [7, 11) is 3.86. The van der Waals surface area contributed by atoms with Crippen LogP contribution in [0.4, 0.5) is 5.69 Å². The van der Waals surface area contributed by atoms with E-state index in [0.29, 0.717) is 5.82 Å². The fourth-order valence-electron chi connectivity index (χ4n) is 3.75. The zero-order valence-electron chi connectivity index (χ0n) is 15.9. The maximum Gasteiger partial charge on any atom is 0.142 e. The molecule has 1 atom stereocenters. The van der Waals surface area contributed by atoms with Crippen molar-refractivity contribution in [3.63, 3.8) is 0 Å². The standard InChI is InChI=1S/C20H26N6O/c1-23-8-7-21-20(23)19(27)17-5-3-4-6-18(17)26-11-9-25(10-12-26)15-16-13-22-24(2)14-16/h3-8,13-14,19,27H,9-12,15H2,1-2H3/t19-/m1/s1. The molecule has 142 valence electrons. The number of para-hydroxylation sites is 1. The highest BCUT2D eigenvalue weighted by molar-refractivity contribution is 5.56. The van der Waals surface area contributed by atoms with Crippen LogP contribution in [0.2, 0.25) is 0 Å². The second-order valence-electron chi connectivity index (χ2n) is 7.14. The predicted octanol–water partition coefficient (Wildman–Crippen LogP) is 1.56. The maximum atomic E-state index is 10.9. The first-order valence-corrected chi connectivity index (χ1v) is 9.31. The molecule has 1 saturated heterocycles. The van der Waals surface area contributed by atoms with Crippen molar-refractivity contribution in [1.82, 2.24) is 24.2 Å². The highest BCUT2D eigenvalue weighted by Crippen LogP contribution is 2.30. The number of anilines is 1. The summed E-state index contributed by atoms with van der Waals surface area (Å²) in [4.78, 5) is 9.13. The molecule has 1 aromatic carbocycles. The van der Waals surface area contributed by atoms with Crippen LogP contribution in [0.1, 0.15) is 23.1 Å². The molecule has 0 spiro atoms. The van der Waals surface area contributed by atoms with Crippen LogP contribution in [0.3, 0.4) is 0 Å². The van der Waals surface area contributed by atoms with Gasteiger partial charge in [0, 0.05) is 82.2 Å². The Bertz CT molecular complexity index is 893. The molecule has 3 aromatic rings. The fraction of sp³-hybridized carbons (Fsp3) is 0.400. The molecular formula is C20H26N6O. The van der Waals surface area contributed by atoms with Gasteiger partial charge in [0.05, 0.1) is 6.20 Å². The van der Waals surface area contributed by atoms with Gasteiger partial charge in [0.15, 0.2) is 0 Å². The third-order valence-electron chi connectivity index (χ3n) is 5.21. The molecule has 0 unspecified atom stereocenters. The van der Waals surface area contributed by atoms with Crippen molar-refractivity contribution < 1.29 is 5.11 Å². The van der Waals surface area contributed by atoms with Crippen molar-refractivity contribution >= 4 is 5.69 Å². The van der Waals surface area contributed by atoms with Crippen LogP contribution in [0, 0.1) is 0 Å². The van der Waals surface area contributed by atoms with Gasteiger partial charge in [-0.15, -0.1) is 0 Å². The summed E-state index contributed by atoms with van der Waals surface area (Å²) in [5.74, 6) is 0.665. The van der Waals surface area contributed by atoms with E-state index in [1.165, 1.54) is 5.56 Å². The molecule has 1 fully saturated rings. The van der Waals surface area contributed by atoms with Gasteiger partial charge >= 0.3 is 0 Å². The summed E-state index contributed by atoms with van der Waals surface area (Å²) in [6, 6.07) is 8.10.